The second-order valence-corrected chi connectivity index (χ2v) is 6.95. The van der Waals surface area contributed by atoms with Gasteiger partial charge in [0.25, 0.3) is 0 Å². The number of carbonyl (C=O) groups is 1. The number of halogens is 3. The van der Waals surface area contributed by atoms with E-state index in [0.717, 1.165) is 5.56 Å². The molecule has 0 saturated carbocycles. The van der Waals surface area contributed by atoms with Crippen molar-refractivity contribution < 1.29 is 27.4 Å². The summed E-state index contributed by atoms with van der Waals surface area (Å²) in [6, 6.07) is 15.9. The van der Waals surface area contributed by atoms with Crippen LogP contribution < -0.4 is 4.74 Å². The molecule has 1 aliphatic heterocycles. The minimum atomic E-state index is -4.68. The second-order valence-electron chi connectivity index (χ2n) is 6.95. The third kappa shape index (κ3) is 4.30. The van der Waals surface area contributed by atoms with Gasteiger partial charge in [-0.1, -0.05) is 42.5 Å². The average Bonchev–Trinajstić information content (AvgIpc) is 3.12. The zero-order chi connectivity index (χ0) is 20.2. The van der Waals surface area contributed by atoms with Gasteiger partial charge < -0.3 is 9.47 Å². The molecule has 1 fully saturated rings. The molecule has 1 saturated heterocycles. The molecule has 0 aliphatic carbocycles. The van der Waals surface area contributed by atoms with E-state index in [1.807, 2.05) is 30.3 Å². The Morgan fingerprint density at radius 2 is 1.82 bits per heavy atom. The Labute approximate surface area is 161 Å². The molecule has 1 aliphatic rings. The number of carbonyl (C=O) groups excluding carboxylic acids is 1. The van der Waals surface area contributed by atoms with Crippen LogP contribution in [0.15, 0.2) is 54.6 Å². The number of methoxy groups -OCH3 is 1. The normalized spacial score (nSPS) is 20.1. The van der Waals surface area contributed by atoms with Gasteiger partial charge in [0.1, 0.15) is 12.4 Å². The number of alkyl halides is 3. The van der Waals surface area contributed by atoms with E-state index in [1.54, 1.807) is 29.2 Å². The first-order chi connectivity index (χ1) is 13.3. The molecule has 2 aromatic carbocycles. The van der Waals surface area contributed by atoms with Crippen LogP contribution in [0.5, 0.6) is 5.75 Å². The monoisotopic (exact) mass is 393 g/mol. The molecule has 0 spiro atoms. The number of ether oxygens (including phenoxy) is 2. The summed E-state index contributed by atoms with van der Waals surface area (Å²) >= 11 is 0. The summed E-state index contributed by atoms with van der Waals surface area (Å²) in [6.07, 6.45) is -4.98. The van der Waals surface area contributed by atoms with Crippen LogP contribution in [0, 0.1) is 5.41 Å². The molecule has 0 aromatic heterocycles. The Hall–Kier alpha value is -2.54. The highest BCUT2D eigenvalue weighted by Crippen LogP contribution is 2.47. The minimum Gasteiger partial charge on any atom is -0.497 e. The van der Waals surface area contributed by atoms with Gasteiger partial charge >= 0.3 is 12.1 Å². The van der Waals surface area contributed by atoms with Crippen LogP contribution in [0.3, 0.4) is 0 Å². The Morgan fingerprint density at radius 1 is 1.11 bits per heavy atom. The number of benzene rings is 2. The fourth-order valence-electron chi connectivity index (χ4n) is 3.43. The van der Waals surface area contributed by atoms with Crippen molar-refractivity contribution in [3.8, 4) is 5.75 Å². The maximum Gasteiger partial charge on any atom is 0.406 e. The van der Waals surface area contributed by atoms with E-state index in [1.165, 1.54) is 7.11 Å². The fourth-order valence-corrected chi connectivity index (χ4v) is 3.43. The molecule has 28 heavy (non-hydrogen) atoms. The Morgan fingerprint density at radius 3 is 2.50 bits per heavy atom. The van der Waals surface area contributed by atoms with Crippen molar-refractivity contribution in [2.75, 3.05) is 20.2 Å². The molecule has 3 rings (SSSR count). The van der Waals surface area contributed by atoms with Crippen molar-refractivity contribution in [2.45, 2.75) is 25.7 Å². The first-order valence-corrected chi connectivity index (χ1v) is 8.97. The Balaban J connectivity index is 1.70. The van der Waals surface area contributed by atoms with Crippen LogP contribution in [0.25, 0.3) is 0 Å². The standard InChI is InChI=1S/C21H22F3NO3/c1-27-18-9-5-8-17(12-18)14-28-19(26)20(21(22,23)24)10-11-25(15-20)13-16-6-3-2-4-7-16/h2-9,12H,10-11,13-15H2,1H3/t20-/m0/s1. The molecule has 0 radical (unpaired) electrons. The van der Waals surface area contributed by atoms with E-state index in [4.69, 9.17) is 9.47 Å². The molecule has 4 nitrogen and oxygen atoms in total. The molecule has 0 N–H and O–H groups in total. The number of hydrogen-bond acceptors (Lipinski definition) is 4. The number of nitrogens with zero attached hydrogens (tertiary/aromatic N) is 1. The fraction of sp³-hybridized carbons (Fsp3) is 0.381. The van der Waals surface area contributed by atoms with Gasteiger partial charge in [-0.3, -0.25) is 9.69 Å². The third-order valence-electron chi connectivity index (χ3n) is 5.03. The summed E-state index contributed by atoms with van der Waals surface area (Å²) in [5.74, 6) is -0.674. The summed E-state index contributed by atoms with van der Waals surface area (Å²) in [5.41, 5.74) is -1.02. The summed E-state index contributed by atoms with van der Waals surface area (Å²) in [7, 11) is 1.49. The third-order valence-corrected chi connectivity index (χ3v) is 5.03. The lowest BCUT2D eigenvalue weighted by molar-refractivity contribution is -0.231. The molecule has 0 bridgehead atoms. The Bertz CT molecular complexity index is 810. The first-order valence-electron chi connectivity index (χ1n) is 8.97. The van der Waals surface area contributed by atoms with Crippen molar-refractivity contribution in [1.82, 2.24) is 4.90 Å². The Kier molecular flexibility index (Phi) is 5.93. The first kappa shape index (κ1) is 20.2. The quantitative estimate of drug-likeness (QED) is 0.690. The number of esters is 1. The van der Waals surface area contributed by atoms with Gasteiger partial charge in [0.15, 0.2) is 5.41 Å². The summed E-state index contributed by atoms with van der Waals surface area (Å²) in [4.78, 5) is 14.2. The van der Waals surface area contributed by atoms with Crippen LogP contribution >= 0.6 is 0 Å². The molecule has 2 aromatic rings. The smallest absolute Gasteiger partial charge is 0.406 e. The molecule has 1 heterocycles. The van der Waals surface area contributed by atoms with Crippen LogP contribution in [0.1, 0.15) is 17.5 Å². The second kappa shape index (κ2) is 8.22. The van der Waals surface area contributed by atoms with Gasteiger partial charge in [-0.05, 0) is 29.7 Å². The molecule has 150 valence electrons. The number of rotatable bonds is 6. The van der Waals surface area contributed by atoms with E-state index in [0.29, 0.717) is 17.9 Å². The molecule has 0 amide bonds. The molecular formula is C21H22F3NO3. The number of hydrogen-bond donors (Lipinski definition) is 0. The predicted octanol–water partition coefficient (Wildman–Crippen LogP) is 4.19. The van der Waals surface area contributed by atoms with Crippen LogP contribution in [-0.2, 0) is 22.7 Å². The van der Waals surface area contributed by atoms with Crippen molar-refractivity contribution in [3.05, 3.63) is 65.7 Å². The maximum atomic E-state index is 13.9. The molecule has 0 unspecified atom stereocenters. The molecular weight excluding hydrogens is 371 g/mol. The van der Waals surface area contributed by atoms with Gasteiger partial charge in [-0.2, -0.15) is 13.2 Å². The topological polar surface area (TPSA) is 38.8 Å². The van der Waals surface area contributed by atoms with Gasteiger partial charge in [-0.15, -0.1) is 0 Å². The minimum absolute atomic E-state index is 0.183. The lowest BCUT2D eigenvalue weighted by atomic mass is 9.86. The predicted molar refractivity (Wildman–Crippen MR) is 97.6 cm³/mol. The van der Waals surface area contributed by atoms with E-state index in [-0.39, 0.29) is 19.6 Å². The highest BCUT2D eigenvalue weighted by Gasteiger charge is 2.64. The zero-order valence-corrected chi connectivity index (χ0v) is 15.5. The van der Waals surface area contributed by atoms with Crippen molar-refractivity contribution in [3.63, 3.8) is 0 Å². The van der Waals surface area contributed by atoms with Crippen LogP contribution in [-0.4, -0.2) is 37.2 Å². The molecule has 1 atom stereocenters. The van der Waals surface area contributed by atoms with E-state index < -0.39 is 24.1 Å². The number of likely N-dealkylation sites (tertiary alicyclic amines) is 1. The maximum absolute atomic E-state index is 13.9. The zero-order valence-electron chi connectivity index (χ0n) is 15.5. The lowest BCUT2D eigenvalue weighted by Gasteiger charge is -2.29. The van der Waals surface area contributed by atoms with Gasteiger partial charge in [0.05, 0.1) is 7.11 Å². The van der Waals surface area contributed by atoms with Gasteiger partial charge in [0.2, 0.25) is 0 Å². The largest absolute Gasteiger partial charge is 0.497 e. The lowest BCUT2D eigenvalue weighted by Crippen LogP contribution is -2.48. The van der Waals surface area contributed by atoms with Crippen LogP contribution in [0.4, 0.5) is 13.2 Å². The summed E-state index contributed by atoms with van der Waals surface area (Å²) in [6.45, 7) is -0.0839. The van der Waals surface area contributed by atoms with E-state index in [2.05, 4.69) is 0 Å². The highest BCUT2D eigenvalue weighted by molar-refractivity contribution is 5.78. The van der Waals surface area contributed by atoms with Crippen LogP contribution in [0.2, 0.25) is 0 Å². The highest BCUT2D eigenvalue weighted by atomic mass is 19.4. The van der Waals surface area contributed by atoms with Crippen molar-refractivity contribution >= 4 is 5.97 Å². The SMILES string of the molecule is COc1cccc(COC(=O)[C@]2(C(F)(F)F)CCN(Cc3ccccc3)C2)c1. The van der Waals surface area contributed by atoms with E-state index in [9.17, 15) is 18.0 Å². The van der Waals surface area contributed by atoms with E-state index >= 15 is 0 Å². The summed E-state index contributed by atoms with van der Waals surface area (Å²) in [5, 5.41) is 0. The average molecular weight is 393 g/mol. The summed E-state index contributed by atoms with van der Waals surface area (Å²) < 4.78 is 51.8. The van der Waals surface area contributed by atoms with Crippen molar-refractivity contribution in [1.29, 1.82) is 0 Å². The van der Waals surface area contributed by atoms with Gasteiger partial charge in [-0.25, -0.2) is 0 Å². The van der Waals surface area contributed by atoms with Crippen molar-refractivity contribution in [2.24, 2.45) is 5.41 Å². The van der Waals surface area contributed by atoms with Gasteiger partial charge in [0, 0.05) is 19.6 Å². The molecule has 7 heteroatoms.